The van der Waals surface area contributed by atoms with Crippen LogP contribution in [0.25, 0.3) is 0 Å². The summed E-state index contributed by atoms with van der Waals surface area (Å²) < 4.78 is 9.60. The number of nitrogens with one attached hydrogen (secondary N) is 1. The summed E-state index contributed by atoms with van der Waals surface area (Å²) in [4.78, 5) is 24.6. The Morgan fingerprint density at radius 2 is 2.31 bits per heavy atom. The van der Waals surface area contributed by atoms with Crippen LogP contribution in [0.1, 0.15) is 20.8 Å². The Balaban J connectivity index is 3.00. The Kier molecular flexibility index (Phi) is 3.71. The smallest absolute Gasteiger partial charge is 0.356 e. The summed E-state index contributed by atoms with van der Waals surface area (Å²) in [5, 5.41) is 8.79. The van der Waals surface area contributed by atoms with Gasteiger partial charge in [-0.3, -0.25) is 0 Å². The number of methoxy groups -OCH3 is 1. The van der Waals surface area contributed by atoms with Crippen LogP contribution in [0.3, 0.4) is 0 Å². The fourth-order valence-corrected chi connectivity index (χ4v) is 1.14. The lowest BCUT2D eigenvalue weighted by Gasteiger charge is -2.03. The zero-order valence-corrected chi connectivity index (χ0v) is 8.65. The van der Waals surface area contributed by atoms with Gasteiger partial charge < -0.3 is 19.6 Å². The fourth-order valence-electron chi connectivity index (χ4n) is 1.14. The first-order valence-corrected chi connectivity index (χ1v) is 4.38. The number of aromatic carboxylic acids is 1. The topological polar surface area (TPSA) is 88.6 Å². The average Bonchev–Trinajstić information content (AvgIpc) is 2.69. The number of hydrogen-bond acceptors (Lipinski definition) is 4. The van der Waals surface area contributed by atoms with Gasteiger partial charge in [-0.15, -0.1) is 0 Å². The molecule has 0 fully saturated rings. The molecule has 6 heteroatoms. The highest BCUT2D eigenvalue weighted by Gasteiger charge is 2.22. The standard InChI is InChI=1S/C10H11NO5/c1-3-4-16-10(14)6-5-11-7(9(12)13)8(6)15-2/h3,5,11H,1,4H2,2H3,(H,12,13). The van der Waals surface area contributed by atoms with E-state index < -0.39 is 11.9 Å². The van der Waals surface area contributed by atoms with Gasteiger partial charge in [-0.1, -0.05) is 12.7 Å². The van der Waals surface area contributed by atoms with E-state index in [1.807, 2.05) is 0 Å². The number of esters is 1. The number of carboxylic acid groups (broad SMARTS) is 1. The van der Waals surface area contributed by atoms with Crippen molar-refractivity contribution in [3.8, 4) is 5.75 Å². The van der Waals surface area contributed by atoms with Crippen LogP contribution in [-0.4, -0.2) is 35.7 Å². The molecular formula is C10H11NO5. The lowest BCUT2D eigenvalue weighted by molar-refractivity contribution is 0.0546. The summed E-state index contributed by atoms with van der Waals surface area (Å²) in [7, 11) is 1.28. The quantitative estimate of drug-likeness (QED) is 0.577. The second-order valence-corrected chi connectivity index (χ2v) is 2.80. The van der Waals surface area contributed by atoms with Crippen LogP contribution >= 0.6 is 0 Å². The molecule has 0 radical (unpaired) electrons. The van der Waals surface area contributed by atoms with Gasteiger partial charge in [-0.2, -0.15) is 0 Å². The summed E-state index contributed by atoms with van der Waals surface area (Å²) >= 11 is 0. The van der Waals surface area contributed by atoms with Crippen LogP contribution in [0, 0.1) is 0 Å². The molecule has 86 valence electrons. The van der Waals surface area contributed by atoms with Crippen molar-refractivity contribution in [3.63, 3.8) is 0 Å². The Morgan fingerprint density at radius 3 is 2.81 bits per heavy atom. The minimum Gasteiger partial charge on any atom is -0.493 e. The van der Waals surface area contributed by atoms with Gasteiger partial charge in [-0.05, 0) is 0 Å². The molecule has 1 rings (SSSR count). The molecule has 0 atom stereocenters. The summed E-state index contributed by atoms with van der Waals surface area (Å²) in [6.45, 7) is 3.44. The predicted molar refractivity (Wildman–Crippen MR) is 54.8 cm³/mol. The van der Waals surface area contributed by atoms with Crippen molar-refractivity contribution in [3.05, 3.63) is 30.1 Å². The summed E-state index contributed by atoms with van der Waals surface area (Å²) in [6, 6.07) is 0. The maximum atomic E-state index is 11.5. The van der Waals surface area contributed by atoms with Crippen LogP contribution in [0.5, 0.6) is 5.75 Å². The zero-order chi connectivity index (χ0) is 12.1. The number of carboxylic acids is 1. The maximum absolute atomic E-state index is 11.5. The number of carbonyl (C=O) groups excluding carboxylic acids is 1. The molecule has 1 aromatic rings. The molecule has 0 spiro atoms. The van der Waals surface area contributed by atoms with Crippen LogP contribution in [-0.2, 0) is 4.74 Å². The van der Waals surface area contributed by atoms with Crippen LogP contribution < -0.4 is 4.74 Å². The summed E-state index contributed by atoms with van der Waals surface area (Å²) in [5.41, 5.74) is -0.144. The molecule has 6 nitrogen and oxygen atoms in total. The number of ether oxygens (including phenoxy) is 2. The van der Waals surface area contributed by atoms with Crippen molar-refractivity contribution in [2.45, 2.75) is 0 Å². The number of rotatable bonds is 5. The molecule has 0 aliphatic rings. The number of aromatic amines is 1. The molecular weight excluding hydrogens is 214 g/mol. The van der Waals surface area contributed by atoms with Crippen LogP contribution in [0.4, 0.5) is 0 Å². The van der Waals surface area contributed by atoms with Gasteiger partial charge in [0.2, 0.25) is 0 Å². The molecule has 0 bridgehead atoms. The fraction of sp³-hybridized carbons (Fsp3) is 0.200. The predicted octanol–water partition coefficient (Wildman–Crippen LogP) is 1.06. The molecule has 2 N–H and O–H groups in total. The van der Waals surface area contributed by atoms with Crippen LogP contribution in [0.15, 0.2) is 18.9 Å². The Hall–Kier alpha value is -2.24. The van der Waals surface area contributed by atoms with E-state index in [2.05, 4.69) is 11.6 Å². The molecule has 0 amide bonds. The highest BCUT2D eigenvalue weighted by Crippen LogP contribution is 2.24. The first kappa shape index (κ1) is 11.8. The minimum absolute atomic E-state index is 0.0402. The SMILES string of the molecule is C=CCOC(=O)c1c[nH]c(C(=O)O)c1OC. The molecule has 1 heterocycles. The lowest BCUT2D eigenvalue weighted by Crippen LogP contribution is -2.06. The third kappa shape index (κ3) is 2.22. The summed E-state index contributed by atoms with van der Waals surface area (Å²) in [5.74, 6) is -1.92. The largest absolute Gasteiger partial charge is 0.493 e. The van der Waals surface area contributed by atoms with Gasteiger partial charge in [0.15, 0.2) is 11.4 Å². The van der Waals surface area contributed by atoms with E-state index in [4.69, 9.17) is 14.6 Å². The van der Waals surface area contributed by atoms with Gasteiger partial charge in [0, 0.05) is 6.20 Å². The first-order chi connectivity index (χ1) is 7.61. The molecule has 0 aliphatic carbocycles. The zero-order valence-electron chi connectivity index (χ0n) is 8.65. The van der Waals surface area contributed by atoms with E-state index in [9.17, 15) is 9.59 Å². The Bertz CT molecular complexity index is 421. The van der Waals surface area contributed by atoms with Crippen molar-refractivity contribution >= 4 is 11.9 Å². The maximum Gasteiger partial charge on any atom is 0.356 e. The minimum atomic E-state index is -1.21. The third-order valence-corrected chi connectivity index (χ3v) is 1.80. The molecule has 0 unspecified atom stereocenters. The molecule has 0 aromatic carbocycles. The lowest BCUT2D eigenvalue weighted by atomic mass is 10.3. The van der Waals surface area contributed by atoms with Crippen molar-refractivity contribution in [1.82, 2.24) is 4.98 Å². The highest BCUT2D eigenvalue weighted by atomic mass is 16.5. The second-order valence-electron chi connectivity index (χ2n) is 2.80. The second kappa shape index (κ2) is 5.01. The normalized spacial score (nSPS) is 9.56. The summed E-state index contributed by atoms with van der Waals surface area (Å²) in [6.07, 6.45) is 2.64. The molecule has 0 aliphatic heterocycles. The van der Waals surface area contributed by atoms with Gasteiger partial charge >= 0.3 is 11.9 Å². The van der Waals surface area contributed by atoms with Crippen molar-refractivity contribution < 1.29 is 24.2 Å². The Labute approximate surface area is 91.5 Å². The number of H-pyrrole nitrogens is 1. The van der Waals surface area contributed by atoms with E-state index >= 15 is 0 Å². The van der Waals surface area contributed by atoms with Crippen molar-refractivity contribution in [1.29, 1.82) is 0 Å². The van der Waals surface area contributed by atoms with E-state index in [1.165, 1.54) is 19.4 Å². The highest BCUT2D eigenvalue weighted by molar-refractivity contribution is 5.98. The van der Waals surface area contributed by atoms with Crippen molar-refractivity contribution in [2.75, 3.05) is 13.7 Å². The monoisotopic (exact) mass is 225 g/mol. The van der Waals surface area contributed by atoms with Gasteiger partial charge in [0.25, 0.3) is 0 Å². The molecule has 1 aromatic heterocycles. The average molecular weight is 225 g/mol. The Morgan fingerprint density at radius 1 is 1.62 bits per heavy atom. The third-order valence-electron chi connectivity index (χ3n) is 1.80. The van der Waals surface area contributed by atoms with Gasteiger partial charge in [-0.25, -0.2) is 9.59 Å². The molecule has 0 saturated carbocycles. The van der Waals surface area contributed by atoms with Crippen LogP contribution in [0.2, 0.25) is 0 Å². The molecule has 16 heavy (non-hydrogen) atoms. The number of hydrogen-bond donors (Lipinski definition) is 2. The van der Waals surface area contributed by atoms with E-state index in [0.29, 0.717) is 0 Å². The van der Waals surface area contributed by atoms with E-state index in [1.54, 1.807) is 0 Å². The van der Waals surface area contributed by atoms with Crippen molar-refractivity contribution in [2.24, 2.45) is 0 Å². The number of aromatic nitrogens is 1. The van der Waals surface area contributed by atoms with Gasteiger partial charge in [0.05, 0.1) is 7.11 Å². The van der Waals surface area contributed by atoms with Gasteiger partial charge in [0.1, 0.15) is 12.2 Å². The number of carbonyl (C=O) groups is 2. The first-order valence-electron chi connectivity index (χ1n) is 4.38. The van der Waals surface area contributed by atoms with E-state index in [0.717, 1.165) is 0 Å². The van der Waals surface area contributed by atoms with E-state index in [-0.39, 0.29) is 23.6 Å². The molecule has 0 saturated heterocycles.